The Kier molecular flexibility index (Phi) is 5.92. The number of hydrogen-bond donors (Lipinski definition) is 0. The first-order valence-electron chi connectivity index (χ1n) is 12.2. The third kappa shape index (κ3) is 3.77. The maximum absolute atomic E-state index is 2.78. The first-order chi connectivity index (χ1) is 14.2. The van der Waals surface area contributed by atoms with Gasteiger partial charge in [-0.05, 0) is 60.7 Å². The summed E-state index contributed by atoms with van der Waals surface area (Å²) in [6.07, 6.45) is 11.0. The van der Waals surface area contributed by atoms with Crippen LogP contribution in [0, 0.1) is 29.6 Å². The molecule has 0 bridgehead atoms. The second-order valence-corrected chi connectivity index (χ2v) is 11.0. The molecular formula is C28H42N2. The molecule has 1 aliphatic heterocycles. The van der Waals surface area contributed by atoms with Crippen LogP contribution in [0.1, 0.15) is 61.8 Å². The average molecular weight is 407 g/mol. The molecule has 4 aliphatic rings. The molecule has 3 atom stereocenters. The lowest BCUT2D eigenvalue weighted by atomic mass is 9.77. The largest absolute Gasteiger partial charge is 0.357 e. The van der Waals surface area contributed by atoms with Gasteiger partial charge in [-0.15, -0.1) is 0 Å². The molecule has 1 saturated carbocycles. The van der Waals surface area contributed by atoms with E-state index in [0.29, 0.717) is 35.6 Å². The molecule has 0 spiro atoms. The molecule has 4 rings (SSSR count). The Morgan fingerprint density at radius 3 is 2.33 bits per heavy atom. The van der Waals surface area contributed by atoms with E-state index in [1.165, 1.54) is 12.0 Å². The van der Waals surface area contributed by atoms with Crippen molar-refractivity contribution in [1.29, 1.82) is 0 Å². The van der Waals surface area contributed by atoms with Gasteiger partial charge in [-0.3, -0.25) is 4.90 Å². The fraction of sp³-hybridized carbons (Fsp3) is 0.643. The smallest absolute Gasteiger partial charge is 0.0713 e. The SMILES string of the molecule is CC(C)=C1C(N2CCN([C@H]3C(C(C)C)=CC=C[C@@H]3C(C)C)C2)=C(C(C)C)C=C2CC21. The lowest BCUT2D eigenvalue weighted by Crippen LogP contribution is -2.45. The van der Waals surface area contributed by atoms with Crippen LogP contribution in [0.2, 0.25) is 0 Å². The summed E-state index contributed by atoms with van der Waals surface area (Å²) >= 11 is 0. The number of hydrogen-bond acceptors (Lipinski definition) is 2. The average Bonchev–Trinajstić information content (AvgIpc) is 3.30. The van der Waals surface area contributed by atoms with E-state index in [1.807, 2.05) is 0 Å². The van der Waals surface area contributed by atoms with Crippen molar-refractivity contribution < 1.29 is 0 Å². The predicted molar refractivity (Wildman–Crippen MR) is 129 cm³/mol. The van der Waals surface area contributed by atoms with Gasteiger partial charge in [0.15, 0.2) is 0 Å². The summed E-state index contributed by atoms with van der Waals surface area (Å²) in [4.78, 5) is 5.50. The molecule has 2 heteroatoms. The topological polar surface area (TPSA) is 6.48 Å². The summed E-state index contributed by atoms with van der Waals surface area (Å²) in [5, 5.41) is 0. The number of fused-ring (bicyclic) bond motifs is 1. The van der Waals surface area contributed by atoms with Crippen LogP contribution in [0.25, 0.3) is 0 Å². The first-order valence-corrected chi connectivity index (χ1v) is 12.2. The fourth-order valence-electron chi connectivity index (χ4n) is 5.91. The molecule has 0 aromatic rings. The minimum Gasteiger partial charge on any atom is -0.357 e. The van der Waals surface area contributed by atoms with Crippen molar-refractivity contribution in [2.24, 2.45) is 29.6 Å². The van der Waals surface area contributed by atoms with E-state index in [9.17, 15) is 0 Å². The van der Waals surface area contributed by atoms with E-state index < -0.39 is 0 Å². The van der Waals surface area contributed by atoms with Gasteiger partial charge < -0.3 is 4.90 Å². The van der Waals surface area contributed by atoms with Gasteiger partial charge in [-0.2, -0.15) is 0 Å². The second-order valence-electron chi connectivity index (χ2n) is 11.0. The van der Waals surface area contributed by atoms with Gasteiger partial charge in [0.25, 0.3) is 0 Å². The molecular weight excluding hydrogens is 364 g/mol. The van der Waals surface area contributed by atoms with Crippen LogP contribution in [0.4, 0.5) is 0 Å². The van der Waals surface area contributed by atoms with Crippen LogP contribution < -0.4 is 0 Å². The van der Waals surface area contributed by atoms with Crippen molar-refractivity contribution >= 4 is 0 Å². The highest BCUT2D eigenvalue weighted by atomic mass is 15.4. The molecule has 1 unspecified atom stereocenters. The van der Waals surface area contributed by atoms with Crippen LogP contribution in [0.15, 0.2) is 57.9 Å². The molecule has 0 radical (unpaired) electrons. The van der Waals surface area contributed by atoms with Gasteiger partial charge in [-0.1, -0.05) is 77.0 Å². The van der Waals surface area contributed by atoms with E-state index >= 15 is 0 Å². The Bertz CT molecular complexity index is 842. The maximum atomic E-state index is 2.78. The zero-order chi connectivity index (χ0) is 21.7. The molecule has 2 fully saturated rings. The van der Waals surface area contributed by atoms with E-state index in [4.69, 9.17) is 0 Å². The van der Waals surface area contributed by atoms with Crippen LogP contribution in [-0.2, 0) is 0 Å². The van der Waals surface area contributed by atoms with E-state index in [-0.39, 0.29) is 0 Å². The van der Waals surface area contributed by atoms with Crippen LogP contribution >= 0.6 is 0 Å². The lowest BCUT2D eigenvalue weighted by Gasteiger charge is -2.40. The molecule has 30 heavy (non-hydrogen) atoms. The van der Waals surface area contributed by atoms with Gasteiger partial charge in [-0.25, -0.2) is 0 Å². The van der Waals surface area contributed by atoms with Crippen LogP contribution in [-0.4, -0.2) is 35.6 Å². The normalized spacial score (nSPS) is 29.2. The Labute approximate surface area is 185 Å². The minimum absolute atomic E-state index is 0.536. The zero-order valence-corrected chi connectivity index (χ0v) is 20.5. The predicted octanol–water partition coefficient (Wildman–Crippen LogP) is 6.56. The molecule has 3 aliphatic carbocycles. The van der Waals surface area contributed by atoms with Crippen LogP contribution in [0.5, 0.6) is 0 Å². The third-order valence-corrected chi connectivity index (χ3v) is 7.59. The quantitative estimate of drug-likeness (QED) is 0.510. The van der Waals surface area contributed by atoms with E-state index in [0.717, 1.165) is 19.8 Å². The van der Waals surface area contributed by atoms with Gasteiger partial charge in [0.1, 0.15) is 0 Å². The lowest BCUT2D eigenvalue weighted by molar-refractivity contribution is 0.165. The minimum atomic E-state index is 0.536. The van der Waals surface area contributed by atoms with Gasteiger partial charge in [0.2, 0.25) is 0 Å². The molecule has 0 aromatic carbocycles. The highest BCUT2D eigenvalue weighted by molar-refractivity contribution is 5.58. The Morgan fingerprint density at radius 2 is 1.73 bits per heavy atom. The monoisotopic (exact) mass is 406 g/mol. The maximum Gasteiger partial charge on any atom is 0.0713 e. The van der Waals surface area contributed by atoms with Crippen molar-refractivity contribution in [3.8, 4) is 0 Å². The number of rotatable bonds is 5. The van der Waals surface area contributed by atoms with Crippen LogP contribution in [0.3, 0.4) is 0 Å². The Hall–Kier alpha value is -1.54. The molecule has 2 nitrogen and oxygen atoms in total. The molecule has 164 valence electrons. The second kappa shape index (κ2) is 8.19. The summed E-state index contributed by atoms with van der Waals surface area (Å²) in [6.45, 7) is 22.3. The van der Waals surface area contributed by atoms with Crippen molar-refractivity contribution in [3.05, 3.63) is 57.9 Å². The molecule has 1 saturated heterocycles. The molecule has 0 amide bonds. The van der Waals surface area contributed by atoms with Crippen molar-refractivity contribution in [3.63, 3.8) is 0 Å². The van der Waals surface area contributed by atoms with Gasteiger partial charge >= 0.3 is 0 Å². The fourth-order valence-corrected chi connectivity index (χ4v) is 5.91. The Balaban J connectivity index is 1.66. The number of nitrogens with zero attached hydrogens (tertiary/aromatic N) is 2. The molecule has 1 heterocycles. The Morgan fingerprint density at radius 1 is 1.00 bits per heavy atom. The highest BCUT2D eigenvalue weighted by Gasteiger charge is 2.44. The summed E-state index contributed by atoms with van der Waals surface area (Å²) < 4.78 is 0. The summed E-state index contributed by atoms with van der Waals surface area (Å²) in [6, 6.07) is 0.536. The first kappa shape index (κ1) is 21.7. The third-order valence-electron chi connectivity index (χ3n) is 7.59. The molecule has 0 N–H and O–H groups in total. The van der Waals surface area contributed by atoms with Crippen molar-refractivity contribution in [1.82, 2.24) is 9.80 Å². The highest BCUT2D eigenvalue weighted by Crippen LogP contribution is 2.53. The van der Waals surface area contributed by atoms with E-state index in [2.05, 4.69) is 89.5 Å². The van der Waals surface area contributed by atoms with Crippen molar-refractivity contribution in [2.45, 2.75) is 67.9 Å². The van der Waals surface area contributed by atoms with Gasteiger partial charge in [0, 0.05) is 30.7 Å². The zero-order valence-electron chi connectivity index (χ0n) is 20.5. The molecule has 0 aromatic heterocycles. The van der Waals surface area contributed by atoms with Crippen molar-refractivity contribution in [2.75, 3.05) is 19.8 Å². The number of allylic oxidation sites excluding steroid dienone is 7. The summed E-state index contributed by atoms with van der Waals surface area (Å²) in [7, 11) is 0. The van der Waals surface area contributed by atoms with Gasteiger partial charge in [0.05, 0.1) is 6.67 Å². The summed E-state index contributed by atoms with van der Waals surface area (Å²) in [5.74, 6) is 3.14. The standard InChI is InChI=1S/C28H42N2/c1-17(2)22-10-9-11-23(18(3)4)27(22)29-12-13-30(16-29)28-24(19(5)6)14-21-15-25(21)26(28)20(7)8/h9-11,14,17-19,22,25,27H,12-13,15-16H2,1-8H3/t22-,25?,27-/m1/s1. The van der Waals surface area contributed by atoms with E-state index in [1.54, 1.807) is 28.0 Å². The summed E-state index contributed by atoms with van der Waals surface area (Å²) in [5.41, 5.74) is 9.57.